The summed E-state index contributed by atoms with van der Waals surface area (Å²) in [4.78, 5) is 21.4. The van der Waals surface area contributed by atoms with Crippen LogP contribution in [0.1, 0.15) is 37.0 Å². The molecular weight excluding hydrogens is 342 g/mol. The molecule has 7 heteroatoms. The van der Waals surface area contributed by atoms with E-state index in [1.54, 1.807) is 12.1 Å². The van der Waals surface area contributed by atoms with E-state index in [-0.39, 0.29) is 11.7 Å². The second kappa shape index (κ2) is 10.8. The minimum atomic E-state index is -0.159. The number of aliphatic imine (C=N–C) groups is 1. The number of rotatable bonds is 8. The van der Waals surface area contributed by atoms with Crippen LogP contribution in [0, 0.1) is 0 Å². The van der Waals surface area contributed by atoms with Crippen LogP contribution in [0.3, 0.4) is 0 Å². The predicted octanol–water partition coefficient (Wildman–Crippen LogP) is 1.50. The van der Waals surface area contributed by atoms with Crippen LogP contribution in [-0.4, -0.2) is 79.1 Å². The molecule has 0 aliphatic carbocycles. The number of likely N-dealkylation sites (N-methyl/N-ethyl adjacent to an activating group) is 2. The predicted molar refractivity (Wildman–Crippen MR) is 109 cm³/mol. The summed E-state index contributed by atoms with van der Waals surface area (Å²) in [5.41, 5.74) is 0.529. The standard InChI is InChI=1S/C20H33N5O2/c1-4-21-20(24(3)15-17-7-6-14-25(17)5-2)23-13-12-22-19(27)16-8-10-18(26)11-9-16/h8-11,17,26H,4-7,12-15H2,1-3H3,(H,21,23)(H,22,27). The summed E-state index contributed by atoms with van der Waals surface area (Å²) in [7, 11) is 2.07. The summed E-state index contributed by atoms with van der Waals surface area (Å²) in [6.07, 6.45) is 2.50. The van der Waals surface area contributed by atoms with Crippen molar-refractivity contribution < 1.29 is 9.90 Å². The molecule has 1 aromatic rings. The number of nitrogens with zero attached hydrogens (tertiary/aromatic N) is 3. The molecule has 2 rings (SSSR count). The number of phenols is 1. The Bertz CT molecular complexity index is 617. The van der Waals surface area contributed by atoms with Gasteiger partial charge in [-0.25, -0.2) is 0 Å². The van der Waals surface area contributed by atoms with Gasteiger partial charge in [-0.3, -0.25) is 14.7 Å². The number of hydrogen-bond donors (Lipinski definition) is 3. The van der Waals surface area contributed by atoms with Crippen LogP contribution in [0.15, 0.2) is 29.3 Å². The van der Waals surface area contributed by atoms with Gasteiger partial charge in [0.2, 0.25) is 0 Å². The van der Waals surface area contributed by atoms with Crippen molar-refractivity contribution in [2.75, 3.05) is 46.3 Å². The summed E-state index contributed by atoms with van der Waals surface area (Å²) in [5.74, 6) is 0.866. The van der Waals surface area contributed by atoms with Crippen LogP contribution in [0.5, 0.6) is 5.75 Å². The smallest absolute Gasteiger partial charge is 0.251 e. The number of likely N-dealkylation sites (tertiary alicyclic amines) is 1. The molecule has 1 aromatic carbocycles. The average Bonchev–Trinajstić information content (AvgIpc) is 3.11. The number of benzene rings is 1. The Balaban J connectivity index is 1.83. The average molecular weight is 376 g/mol. The monoisotopic (exact) mass is 375 g/mol. The van der Waals surface area contributed by atoms with E-state index in [1.807, 2.05) is 0 Å². The minimum Gasteiger partial charge on any atom is -0.508 e. The molecule has 150 valence electrons. The topological polar surface area (TPSA) is 80.2 Å². The fraction of sp³-hybridized carbons (Fsp3) is 0.600. The summed E-state index contributed by atoms with van der Waals surface area (Å²) in [6.45, 7) is 9.30. The third-order valence-corrected chi connectivity index (χ3v) is 4.87. The van der Waals surface area contributed by atoms with Crippen molar-refractivity contribution in [3.63, 3.8) is 0 Å². The molecule has 27 heavy (non-hydrogen) atoms. The van der Waals surface area contributed by atoms with Crippen LogP contribution in [0.25, 0.3) is 0 Å². The van der Waals surface area contributed by atoms with Gasteiger partial charge in [0.05, 0.1) is 6.54 Å². The molecule has 1 fully saturated rings. The van der Waals surface area contributed by atoms with Gasteiger partial charge in [-0.2, -0.15) is 0 Å². The molecule has 0 bridgehead atoms. The number of guanidine groups is 1. The quantitative estimate of drug-likeness (QED) is 0.365. The Labute approximate surface area is 162 Å². The second-order valence-corrected chi connectivity index (χ2v) is 6.84. The first-order valence-corrected chi connectivity index (χ1v) is 9.85. The SMILES string of the molecule is CCNC(=NCCNC(=O)c1ccc(O)cc1)N(C)CC1CCCN1CC. The maximum atomic E-state index is 12.1. The van der Waals surface area contributed by atoms with E-state index in [0.29, 0.717) is 24.7 Å². The number of amides is 1. The van der Waals surface area contributed by atoms with E-state index in [4.69, 9.17) is 0 Å². The number of carbonyl (C=O) groups is 1. The van der Waals surface area contributed by atoms with Crippen LogP contribution in [-0.2, 0) is 0 Å². The Hall–Kier alpha value is -2.28. The fourth-order valence-corrected chi connectivity index (χ4v) is 3.44. The maximum absolute atomic E-state index is 12.1. The molecule has 0 spiro atoms. The van der Waals surface area contributed by atoms with E-state index in [0.717, 1.165) is 25.6 Å². The normalized spacial score (nSPS) is 17.7. The van der Waals surface area contributed by atoms with Gasteiger partial charge < -0.3 is 20.6 Å². The first-order chi connectivity index (χ1) is 13.0. The van der Waals surface area contributed by atoms with Gasteiger partial charge in [0, 0.05) is 38.3 Å². The van der Waals surface area contributed by atoms with Crippen molar-refractivity contribution in [3.05, 3.63) is 29.8 Å². The Morgan fingerprint density at radius 2 is 2.04 bits per heavy atom. The summed E-state index contributed by atoms with van der Waals surface area (Å²) >= 11 is 0. The number of hydrogen-bond acceptors (Lipinski definition) is 4. The van der Waals surface area contributed by atoms with Crippen LogP contribution in [0.2, 0.25) is 0 Å². The zero-order valence-electron chi connectivity index (χ0n) is 16.7. The Kier molecular flexibility index (Phi) is 8.39. The molecule has 1 aliphatic heterocycles. The van der Waals surface area contributed by atoms with Crippen molar-refractivity contribution >= 4 is 11.9 Å². The highest BCUT2D eigenvalue weighted by molar-refractivity contribution is 5.94. The van der Waals surface area contributed by atoms with Gasteiger partial charge in [-0.15, -0.1) is 0 Å². The largest absolute Gasteiger partial charge is 0.508 e. The number of nitrogens with one attached hydrogen (secondary N) is 2. The third kappa shape index (κ3) is 6.43. The number of carbonyl (C=O) groups excluding carboxylic acids is 1. The molecular formula is C20H33N5O2. The van der Waals surface area contributed by atoms with E-state index >= 15 is 0 Å². The molecule has 0 aromatic heterocycles. The van der Waals surface area contributed by atoms with E-state index in [1.165, 1.54) is 31.5 Å². The van der Waals surface area contributed by atoms with Gasteiger partial charge in [-0.1, -0.05) is 6.92 Å². The van der Waals surface area contributed by atoms with E-state index in [9.17, 15) is 9.90 Å². The number of aromatic hydroxyl groups is 1. The summed E-state index contributed by atoms with van der Waals surface area (Å²) < 4.78 is 0. The van der Waals surface area contributed by atoms with Crippen LogP contribution < -0.4 is 10.6 Å². The first kappa shape index (κ1) is 21.0. The van der Waals surface area contributed by atoms with Crippen LogP contribution >= 0.6 is 0 Å². The summed E-state index contributed by atoms with van der Waals surface area (Å²) in [6, 6.07) is 6.81. The maximum Gasteiger partial charge on any atom is 0.251 e. The summed E-state index contributed by atoms with van der Waals surface area (Å²) in [5, 5.41) is 15.5. The molecule has 7 nitrogen and oxygen atoms in total. The second-order valence-electron chi connectivity index (χ2n) is 6.84. The number of phenolic OH excluding ortho intramolecular Hbond substituents is 1. The lowest BCUT2D eigenvalue weighted by molar-refractivity contribution is 0.0955. The highest BCUT2D eigenvalue weighted by Gasteiger charge is 2.24. The molecule has 1 aliphatic rings. The van der Waals surface area contributed by atoms with Gasteiger partial charge in [0.15, 0.2) is 5.96 Å². The Morgan fingerprint density at radius 3 is 2.70 bits per heavy atom. The molecule has 1 unspecified atom stereocenters. The van der Waals surface area contributed by atoms with Gasteiger partial charge in [0.25, 0.3) is 5.91 Å². The molecule has 0 saturated carbocycles. The van der Waals surface area contributed by atoms with Crippen molar-refractivity contribution in [2.45, 2.75) is 32.7 Å². The van der Waals surface area contributed by atoms with E-state index < -0.39 is 0 Å². The van der Waals surface area contributed by atoms with Crippen molar-refractivity contribution in [1.82, 2.24) is 20.4 Å². The highest BCUT2D eigenvalue weighted by atomic mass is 16.3. The lowest BCUT2D eigenvalue weighted by Gasteiger charge is -2.29. The lowest BCUT2D eigenvalue weighted by Crippen LogP contribution is -2.46. The lowest BCUT2D eigenvalue weighted by atomic mass is 10.2. The molecule has 1 saturated heterocycles. The van der Waals surface area contributed by atoms with Gasteiger partial charge in [0.1, 0.15) is 5.75 Å². The fourth-order valence-electron chi connectivity index (χ4n) is 3.44. The molecule has 1 atom stereocenters. The van der Waals surface area contributed by atoms with Crippen molar-refractivity contribution in [1.29, 1.82) is 0 Å². The van der Waals surface area contributed by atoms with Crippen LogP contribution in [0.4, 0.5) is 0 Å². The zero-order chi connectivity index (χ0) is 19.6. The van der Waals surface area contributed by atoms with Gasteiger partial charge >= 0.3 is 0 Å². The van der Waals surface area contributed by atoms with E-state index in [2.05, 4.69) is 46.3 Å². The molecule has 0 radical (unpaired) electrons. The zero-order valence-corrected chi connectivity index (χ0v) is 16.7. The van der Waals surface area contributed by atoms with Crippen molar-refractivity contribution in [3.8, 4) is 5.75 Å². The molecule has 1 heterocycles. The molecule has 1 amide bonds. The first-order valence-electron chi connectivity index (χ1n) is 9.85. The van der Waals surface area contributed by atoms with Crippen molar-refractivity contribution in [2.24, 2.45) is 4.99 Å². The third-order valence-electron chi connectivity index (χ3n) is 4.87. The highest BCUT2D eigenvalue weighted by Crippen LogP contribution is 2.17. The van der Waals surface area contributed by atoms with Gasteiger partial charge in [-0.05, 0) is 57.1 Å². The molecule has 3 N–H and O–H groups in total. The minimum absolute atomic E-state index is 0.151. The Morgan fingerprint density at radius 1 is 1.30 bits per heavy atom.